The first kappa shape index (κ1) is 12.5. The second-order valence-corrected chi connectivity index (χ2v) is 4.76. The molecule has 2 aromatic carbocycles. The lowest BCUT2D eigenvalue weighted by Crippen LogP contribution is -1.98. The Morgan fingerprint density at radius 1 is 1.05 bits per heavy atom. The van der Waals surface area contributed by atoms with Gasteiger partial charge in [-0.15, -0.1) is 0 Å². The van der Waals surface area contributed by atoms with Crippen molar-refractivity contribution in [1.29, 1.82) is 5.26 Å². The minimum atomic E-state index is 0.0538. The zero-order chi connectivity index (χ0) is 13.9. The molecule has 1 heterocycles. The van der Waals surface area contributed by atoms with E-state index in [1.54, 1.807) is 0 Å². The Hall–Kier alpha value is -2.57. The molecule has 3 rings (SSSR count). The molecule has 0 fully saturated rings. The van der Waals surface area contributed by atoms with E-state index in [-0.39, 0.29) is 6.61 Å². The summed E-state index contributed by atoms with van der Waals surface area (Å²) < 4.78 is 2.15. The number of hydrogen-bond acceptors (Lipinski definition) is 2. The van der Waals surface area contributed by atoms with Crippen molar-refractivity contribution in [1.82, 2.24) is 4.57 Å². The van der Waals surface area contributed by atoms with Crippen LogP contribution in [0.25, 0.3) is 10.9 Å². The Kier molecular flexibility index (Phi) is 3.24. The van der Waals surface area contributed by atoms with Crippen molar-refractivity contribution in [3.8, 4) is 6.07 Å². The fourth-order valence-electron chi connectivity index (χ4n) is 2.44. The third-order valence-corrected chi connectivity index (χ3v) is 3.51. The van der Waals surface area contributed by atoms with Gasteiger partial charge in [-0.1, -0.05) is 24.3 Å². The molecule has 0 unspecified atom stereocenters. The van der Waals surface area contributed by atoms with Crippen molar-refractivity contribution in [2.45, 2.75) is 13.2 Å². The molecule has 98 valence electrons. The van der Waals surface area contributed by atoms with Gasteiger partial charge in [0.2, 0.25) is 0 Å². The molecule has 1 aromatic heterocycles. The highest BCUT2D eigenvalue weighted by atomic mass is 16.3. The van der Waals surface area contributed by atoms with Crippen LogP contribution in [0, 0.1) is 11.3 Å². The lowest BCUT2D eigenvalue weighted by molar-refractivity contribution is 0.283. The quantitative estimate of drug-likeness (QED) is 0.788. The molecule has 3 heteroatoms. The Morgan fingerprint density at radius 2 is 1.85 bits per heavy atom. The minimum Gasteiger partial charge on any atom is -0.392 e. The molecule has 3 aromatic rings. The van der Waals surface area contributed by atoms with E-state index >= 15 is 0 Å². The first-order valence-electron chi connectivity index (χ1n) is 6.48. The van der Waals surface area contributed by atoms with Crippen LogP contribution in [0.15, 0.2) is 54.7 Å². The SMILES string of the molecule is N#Cc1ccc(Cn2ccc3c(CO)cccc32)cc1. The second kappa shape index (κ2) is 5.20. The summed E-state index contributed by atoms with van der Waals surface area (Å²) in [5, 5.41) is 19.2. The van der Waals surface area contributed by atoms with E-state index in [1.807, 2.05) is 48.7 Å². The first-order chi connectivity index (χ1) is 9.81. The highest BCUT2D eigenvalue weighted by molar-refractivity contribution is 5.83. The van der Waals surface area contributed by atoms with Gasteiger partial charge < -0.3 is 9.67 Å². The van der Waals surface area contributed by atoms with Crippen molar-refractivity contribution in [2.75, 3.05) is 0 Å². The molecule has 0 amide bonds. The van der Waals surface area contributed by atoms with Gasteiger partial charge in [-0.25, -0.2) is 0 Å². The van der Waals surface area contributed by atoms with E-state index in [0.29, 0.717) is 5.56 Å². The standard InChI is InChI=1S/C17H14N2O/c18-10-13-4-6-14(7-5-13)11-19-9-8-16-15(12-20)2-1-3-17(16)19/h1-9,20H,11-12H2. The molecule has 20 heavy (non-hydrogen) atoms. The molecule has 0 bridgehead atoms. The van der Waals surface area contributed by atoms with E-state index in [2.05, 4.69) is 16.7 Å². The minimum absolute atomic E-state index is 0.0538. The summed E-state index contributed by atoms with van der Waals surface area (Å²) in [6, 6.07) is 17.7. The Balaban J connectivity index is 1.96. The van der Waals surface area contributed by atoms with Crippen molar-refractivity contribution >= 4 is 10.9 Å². The van der Waals surface area contributed by atoms with E-state index in [4.69, 9.17) is 5.26 Å². The van der Waals surface area contributed by atoms with Crippen LogP contribution in [0.5, 0.6) is 0 Å². The zero-order valence-electron chi connectivity index (χ0n) is 11.0. The third-order valence-electron chi connectivity index (χ3n) is 3.51. The molecule has 0 aliphatic carbocycles. The maximum Gasteiger partial charge on any atom is 0.0991 e. The summed E-state index contributed by atoms with van der Waals surface area (Å²) in [7, 11) is 0. The molecule has 3 nitrogen and oxygen atoms in total. The number of fused-ring (bicyclic) bond motifs is 1. The van der Waals surface area contributed by atoms with E-state index in [9.17, 15) is 5.11 Å². The predicted octanol–water partition coefficient (Wildman–Crippen LogP) is 3.05. The third kappa shape index (κ3) is 2.18. The molecular formula is C17H14N2O. The van der Waals surface area contributed by atoms with Crippen molar-refractivity contribution in [2.24, 2.45) is 0 Å². The van der Waals surface area contributed by atoms with Gasteiger partial charge in [0.25, 0.3) is 0 Å². The number of aromatic nitrogens is 1. The molecule has 0 saturated carbocycles. The summed E-state index contributed by atoms with van der Waals surface area (Å²) in [6.07, 6.45) is 2.03. The molecule has 0 spiro atoms. The van der Waals surface area contributed by atoms with Crippen LogP contribution in [0.1, 0.15) is 16.7 Å². The van der Waals surface area contributed by atoms with E-state index < -0.39 is 0 Å². The fraction of sp³-hybridized carbons (Fsp3) is 0.118. The highest BCUT2D eigenvalue weighted by Gasteiger charge is 2.05. The number of aliphatic hydroxyl groups is 1. The number of aliphatic hydroxyl groups excluding tert-OH is 1. The summed E-state index contributed by atoms with van der Waals surface area (Å²) in [5.41, 5.74) is 3.88. The lowest BCUT2D eigenvalue weighted by atomic mass is 10.1. The van der Waals surface area contributed by atoms with Gasteiger partial charge >= 0.3 is 0 Å². The van der Waals surface area contributed by atoms with Crippen LogP contribution in [0.2, 0.25) is 0 Å². The van der Waals surface area contributed by atoms with Gasteiger partial charge in [-0.3, -0.25) is 0 Å². The van der Waals surface area contributed by atoms with Crippen molar-refractivity contribution < 1.29 is 5.11 Å². The smallest absolute Gasteiger partial charge is 0.0991 e. The molecule has 1 N–H and O–H groups in total. The van der Waals surface area contributed by atoms with E-state index in [1.165, 1.54) is 0 Å². The van der Waals surface area contributed by atoms with Gasteiger partial charge in [0.1, 0.15) is 0 Å². The molecule has 0 radical (unpaired) electrons. The fourth-order valence-corrected chi connectivity index (χ4v) is 2.44. The summed E-state index contributed by atoms with van der Waals surface area (Å²) >= 11 is 0. The van der Waals surface area contributed by atoms with Gasteiger partial charge in [0.05, 0.1) is 18.2 Å². The summed E-state index contributed by atoms with van der Waals surface area (Å²) in [5.74, 6) is 0. The Bertz CT molecular complexity index is 779. The van der Waals surface area contributed by atoms with Crippen LogP contribution in [-0.4, -0.2) is 9.67 Å². The maximum absolute atomic E-state index is 9.35. The van der Waals surface area contributed by atoms with Gasteiger partial charge in [0, 0.05) is 23.6 Å². The van der Waals surface area contributed by atoms with Crippen LogP contribution in [0.4, 0.5) is 0 Å². The van der Waals surface area contributed by atoms with Gasteiger partial charge in [0.15, 0.2) is 0 Å². The monoisotopic (exact) mass is 262 g/mol. The normalized spacial score (nSPS) is 10.6. The number of nitrogens with zero attached hydrogens (tertiary/aromatic N) is 2. The van der Waals surface area contributed by atoms with Crippen molar-refractivity contribution in [3.63, 3.8) is 0 Å². The van der Waals surface area contributed by atoms with Crippen molar-refractivity contribution in [3.05, 3.63) is 71.4 Å². The first-order valence-corrected chi connectivity index (χ1v) is 6.48. The number of benzene rings is 2. The Labute approximate surface area is 117 Å². The average molecular weight is 262 g/mol. The van der Waals surface area contributed by atoms with Gasteiger partial charge in [-0.05, 0) is 35.4 Å². The number of rotatable bonds is 3. The highest BCUT2D eigenvalue weighted by Crippen LogP contribution is 2.21. The van der Waals surface area contributed by atoms with Crippen LogP contribution in [0.3, 0.4) is 0 Å². The summed E-state index contributed by atoms with van der Waals surface area (Å²) in [4.78, 5) is 0. The average Bonchev–Trinajstić information content (AvgIpc) is 2.91. The van der Waals surface area contributed by atoms with Gasteiger partial charge in [-0.2, -0.15) is 5.26 Å². The van der Waals surface area contributed by atoms with E-state index in [0.717, 1.165) is 28.6 Å². The second-order valence-electron chi connectivity index (χ2n) is 4.76. The zero-order valence-corrected chi connectivity index (χ0v) is 11.0. The topological polar surface area (TPSA) is 49.0 Å². The number of nitriles is 1. The molecule has 0 atom stereocenters. The van der Waals surface area contributed by atoms with Crippen LogP contribution >= 0.6 is 0 Å². The lowest BCUT2D eigenvalue weighted by Gasteiger charge is -2.07. The van der Waals surface area contributed by atoms with Crippen LogP contribution in [-0.2, 0) is 13.2 Å². The molecule has 0 aliphatic rings. The van der Waals surface area contributed by atoms with Crippen LogP contribution < -0.4 is 0 Å². The molecule has 0 saturated heterocycles. The predicted molar refractivity (Wildman–Crippen MR) is 78.1 cm³/mol. The largest absolute Gasteiger partial charge is 0.392 e. The Morgan fingerprint density at radius 3 is 2.55 bits per heavy atom. The maximum atomic E-state index is 9.35. The summed E-state index contributed by atoms with van der Waals surface area (Å²) in [6.45, 7) is 0.808. The molecular weight excluding hydrogens is 248 g/mol. The number of hydrogen-bond donors (Lipinski definition) is 1. The molecule has 0 aliphatic heterocycles.